The molecular weight excluding hydrogens is 258 g/mol. The summed E-state index contributed by atoms with van der Waals surface area (Å²) in [6, 6.07) is 1.80. The van der Waals surface area contributed by atoms with Crippen molar-refractivity contribution in [2.75, 3.05) is 17.6 Å². The summed E-state index contributed by atoms with van der Waals surface area (Å²) in [6.45, 7) is 2.63. The van der Waals surface area contributed by atoms with E-state index in [0.717, 1.165) is 10.9 Å². The Balaban J connectivity index is 2.44. The lowest BCUT2D eigenvalue weighted by Crippen LogP contribution is -2.13. The molecule has 0 spiro atoms. The van der Waals surface area contributed by atoms with Gasteiger partial charge in [0.1, 0.15) is 5.82 Å². The molecule has 0 bridgehead atoms. The fraction of sp³-hybridized carbons (Fsp3) is 0.500. The molecule has 84 valence electrons. The number of aliphatic hydroxyl groups is 1. The van der Waals surface area contributed by atoms with Gasteiger partial charge in [-0.05, 0) is 34.8 Å². The second-order valence-electron chi connectivity index (χ2n) is 3.37. The highest BCUT2D eigenvalue weighted by atomic mass is 79.9. The summed E-state index contributed by atoms with van der Waals surface area (Å²) >= 11 is 3.29. The summed E-state index contributed by atoms with van der Waals surface area (Å²) in [7, 11) is 0. The van der Waals surface area contributed by atoms with Gasteiger partial charge in [-0.2, -0.15) is 0 Å². The Kier molecular flexibility index (Phi) is 4.84. The summed E-state index contributed by atoms with van der Waals surface area (Å²) in [6.07, 6.45) is 2.90. The summed E-state index contributed by atoms with van der Waals surface area (Å²) in [5.41, 5.74) is 6.36. The van der Waals surface area contributed by atoms with Crippen LogP contribution in [-0.2, 0) is 0 Å². The minimum atomic E-state index is -0.255. The topological polar surface area (TPSA) is 71.2 Å². The first-order valence-corrected chi connectivity index (χ1v) is 5.75. The predicted molar refractivity (Wildman–Crippen MR) is 65.8 cm³/mol. The first-order chi connectivity index (χ1) is 7.13. The molecule has 0 aliphatic heterocycles. The van der Waals surface area contributed by atoms with Crippen LogP contribution in [0.1, 0.15) is 19.8 Å². The molecule has 0 radical (unpaired) electrons. The molecule has 0 fully saturated rings. The molecule has 4 N–H and O–H groups in total. The van der Waals surface area contributed by atoms with Gasteiger partial charge in [-0.15, -0.1) is 0 Å². The molecule has 0 amide bonds. The fourth-order valence-electron chi connectivity index (χ4n) is 1.16. The molecule has 1 atom stereocenters. The van der Waals surface area contributed by atoms with Crippen molar-refractivity contribution in [3.05, 3.63) is 16.7 Å². The van der Waals surface area contributed by atoms with E-state index < -0.39 is 0 Å². The second kappa shape index (κ2) is 5.92. The van der Waals surface area contributed by atoms with Gasteiger partial charge >= 0.3 is 0 Å². The molecule has 0 aliphatic carbocycles. The Morgan fingerprint density at radius 1 is 1.67 bits per heavy atom. The second-order valence-corrected chi connectivity index (χ2v) is 4.28. The van der Waals surface area contributed by atoms with E-state index >= 15 is 0 Å². The third kappa shape index (κ3) is 4.05. The molecule has 1 rings (SSSR count). The number of nitrogens with two attached hydrogens (primary N) is 1. The number of rotatable bonds is 5. The molecule has 5 heteroatoms. The number of nitrogens with zero attached hydrogens (tertiary/aromatic N) is 1. The Morgan fingerprint density at radius 3 is 3.00 bits per heavy atom. The van der Waals surface area contributed by atoms with Gasteiger partial charge in [0.25, 0.3) is 0 Å². The highest BCUT2D eigenvalue weighted by Gasteiger charge is 2.03. The van der Waals surface area contributed by atoms with Crippen molar-refractivity contribution in [1.82, 2.24) is 4.98 Å². The van der Waals surface area contributed by atoms with Crippen LogP contribution >= 0.6 is 15.9 Å². The average Bonchev–Trinajstić information content (AvgIpc) is 2.21. The zero-order chi connectivity index (χ0) is 11.3. The van der Waals surface area contributed by atoms with Crippen LogP contribution in [0.15, 0.2) is 16.7 Å². The maximum atomic E-state index is 9.35. The standard InChI is InChI=1S/C10H16BrN3O/c1-2-8(15)3-4-13-10-9(12)5-7(11)6-14-10/h5-6,8,15H,2-4,12H2,1H3,(H,13,14). The van der Waals surface area contributed by atoms with E-state index in [2.05, 4.69) is 26.2 Å². The number of nitrogens with one attached hydrogen (secondary N) is 1. The third-order valence-electron chi connectivity index (χ3n) is 2.13. The molecule has 1 heterocycles. The Bertz CT molecular complexity index is 320. The quantitative estimate of drug-likeness (QED) is 0.768. The van der Waals surface area contributed by atoms with Gasteiger partial charge in [0.05, 0.1) is 11.8 Å². The monoisotopic (exact) mass is 273 g/mol. The lowest BCUT2D eigenvalue weighted by atomic mass is 10.2. The zero-order valence-electron chi connectivity index (χ0n) is 8.70. The molecule has 15 heavy (non-hydrogen) atoms. The number of aliphatic hydroxyl groups excluding tert-OH is 1. The van der Waals surface area contributed by atoms with Gasteiger partial charge in [-0.1, -0.05) is 6.92 Å². The van der Waals surface area contributed by atoms with E-state index in [0.29, 0.717) is 24.5 Å². The number of halogens is 1. The van der Waals surface area contributed by atoms with Crippen LogP contribution in [0.5, 0.6) is 0 Å². The van der Waals surface area contributed by atoms with Crippen molar-refractivity contribution >= 4 is 27.4 Å². The Hall–Kier alpha value is -0.810. The lowest BCUT2D eigenvalue weighted by molar-refractivity contribution is 0.164. The van der Waals surface area contributed by atoms with Crippen molar-refractivity contribution in [3.63, 3.8) is 0 Å². The van der Waals surface area contributed by atoms with Gasteiger partial charge in [0.2, 0.25) is 0 Å². The largest absolute Gasteiger partial charge is 0.396 e. The predicted octanol–water partition coefficient (Wildman–Crippen LogP) is 2.00. The zero-order valence-corrected chi connectivity index (χ0v) is 10.3. The van der Waals surface area contributed by atoms with Crippen molar-refractivity contribution < 1.29 is 5.11 Å². The maximum absolute atomic E-state index is 9.35. The van der Waals surface area contributed by atoms with Crippen molar-refractivity contribution in [2.24, 2.45) is 0 Å². The number of hydrogen-bond acceptors (Lipinski definition) is 4. The SMILES string of the molecule is CCC(O)CCNc1ncc(Br)cc1N. The van der Waals surface area contributed by atoms with Crippen molar-refractivity contribution in [2.45, 2.75) is 25.9 Å². The number of anilines is 2. The van der Waals surface area contributed by atoms with Crippen LogP contribution in [-0.4, -0.2) is 22.7 Å². The molecule has 0 aromatic carbocycles. The third-order valence-corrected chi connectivity index (χ3v) is 2.56. The first kappa shape index (κ1) is 12.3. The normalized spacial score (nSPS) is 12.5. The van der Waals surface area contributed by atoms with E-state index in [4.69, 9.17) is 5.73 Å². The number of hydrogen-bond donors (Lipinski definition) is 3. The molecule has 0 saturated carbocycles. The van der Waals surface area contributed by atoms with Gasteiger partial charge < -0.3 is 16.2 Å². The van der Waals surface area contributed by atoms with E-state index in [-0.39, 0.29) is 6.10 Å². The summed E-state index contributed by atoms with van der Waals surface area (Å²) in [5.74, 6) is 0.668. The van der Waals surface area contributed by atoms with E-state index in [9.17, 15) is 5.11 Å². The molecule has 1 aromatic rings. The van der Waals surface area contributed by atoms with Crippen LogP contribution in [0.2, 0.25) is 0 Å². The van der Waals surface area contributed by atoms with Crippen LogP contribution < -0.4 is 11.1 Å². The minimum Gasteiger partial charge on any atom is -0.396 e. The first-order valence-electron chi connectivity index (χ1n) is 4.96. The van der Waals surface area contributed by atoms with E-state index in [1.807, 2.05) is 6.92 Å². The molecular formula is C10H16BrN3O. The summed E-state index contributed by atoms with van der Waals surface area (Å²) in [4.78, 5) is 4.14. The molecule has 0 aliphatic rings. The van der Waals surface area contributed by atoms with Gasteiger partial charge in [0, 0.05) is 17.2 Å². The van der Waals surface area contributed by atoms with Crippen LogP contribution in [0, 0.1) is 0 Å². The fourth-order valence-corrected chi connectivity index (χ4v) is 1.51. The summed E-state index contributed by atoms with van der Waals surface area (Å²) < 4.78 is 0.860. The van der Waals surface area contributed by atoms with Crippen molar-refractivity contribution in [3.8, 4) is 0 Å². The number of aromatic nitrogens is 1. The molecule has 1 unspecified atom stereocenters. The van der Waals surface area contributed by atoms with Crippen LogP contribution in [0.3, 0.4) is 0 Å². The van der Waals surface area contributed by atoms with Crippen LogP contribution in [0.25, 0.3) is 0 Å². The Labute approximate surface area is 98.0 Å². The van der Waals surface area contributed by atoms with E-state index in [1.165, 1.54) is 0 Å². The molecule has 1 aromatic heterocycles. The van der Waals surface area contributed by atoms with Crippen LogP contribution in [0.4, 0.5) is 11.5 Å². The minimum absolute atomic E-state index is 0.255. The molecule has 0 saturated heterocycles. The number of pyridine rings is 1. The van der Waals surface area contributed by atoms with Crippen molar-refractivity contribution in [1.29, 1.82) is 0 Å². The van der Waals surface area contributed by atoms with E-state index in [1.54, 1.807) is 12.3 Å². The van der Waals surface area contributed by atoms with Gasteiger partial charge in [-0.25, -0.2) is 4.98 Å². The maximum Gasteiger partial charge on any atom is 0.149 e. The van der Waals surface area contributed by atoms with Gasteiger partial charge in [0.15, 0.2) is 0 Å². The lowest BCUT2D eigenvalue weighted by Gasteiger charge is -2.10. The molecule has 4 nitrogen and oxygen atoms in total. The average molecular weight is 274 g/mol. The van der Waals surface area contributed by atoms with Gasteiger partial charge in [-0.3, -0.25) is 0 Å². The Morgan fingerprint density at radius 2 is 2.40 bits per heavy atom. The highest BCUT2D eigenvalue weighted by molar-refractivity contribution is 9.10. The summed E-state index contributed by atoms with van der Waals surface area (Å²) in [5, 5.41) is 12.4. The number of nitrogen functional groups attached to an aromatic ring is 1. The smallest absolute Gasteiger partial charge is 0.149 e. The highest BCUT2D eigenvalue weighted by Crippen LogP contribution is 2.19.